The first kappa shape index (κ1) is 70.6. The molecule has 6 nitrogen and oxygen atoms in total. The van der Waals surface area contributed by atoms with Gasteiger partial charge in [0.25, 0.3) is 0 Å². The van der Waals surface area contributed by atoms with Crippen molar-refractivity contribution in [3.8, 4) is 5.75 Å². The number of carbonyl (C=O) groups excluding carboxylic acids is 1. The molecule has 76 heavy (non-hydrogen) atoms. The molecule has 2 unspecified atom stereocenters. The van der Waals surface area contributed by atoms with Gasteiger partial charge in [-0.25, -0.2) is 0 Å². The summed E-state index contributed by atoms with van der Waals surface area (Å²) in [7, 11) is 1.66. The molecule has 6 heteroatoms. The molecule has 446 valence electrons. The van der Waals surface area contributed by atoms with Crippen molar-refractivity contribution in [3.05, 3.63) is 29.3 Å². The van der Waals surface area contributed by atoms with Crippen LogP contribution in [0.5, 0.6) is 5.75 Å². The number of aliphatic hydroxyl groups is 1. The Hall–Kier alpha value is -1.47. The van der Waals surface area contributed by atoms with Crippen molar-refractivity contribution in [2.75, 3.05) is 26.9 Å². The molecule has 2 atom stereocenters. The Bertz CT molecular complexity index is 1320. The highest BCUT2D eigenvalue weighted by molar-refractivity contribution is 5.84. The summed E-state index contributed by atoms with van der Waals surface area (Å²) in [6, 6.07) is 5.69. The van der Waals surface area contributed by atoms with Gasteiger partial charge in [0.15, 0.2) is 0 Å². The topological polar surface area (TPSA) is 74.2 Å². The molecule has 1 saturated carbocycles. The Kier molecular flexibility index (Phi) is 50.3. The molecular formula is C70H130O6. The summed E-state index contributed by atoms with van der Waals surface area (Å²) < 4.78 is 26.3. The number of hydrogen-bond donors (Lipinski definition) is 1. The van der Waals surface area contributed by atoms with Crippen molar-refractivity contribution in [2.45, 2.75) is 373 Å². The first-order chi connectivity index (χ1) is 37.6. The van der Waals surface area contributed by atoms with E-state index in [9.17, 15) is 9.90 Å². The molecular weight excluding hydrogens is 937 g/mol. The fourth-order valence-electron chi connectivity index (χ4n) is 12.0. The molecule has 0 amide bonds. The second-order valence-corrected chi connectivity index (χ2v) is 24.2. The number of methoxy groups -OCH3 is 1. The van der Waals surface area contributed by atoms with Gasteiger partial charge in [0.05, 0.1) is 25.9 Å². The average molecular weight is 1070 g/mol. The Morgan fingerprint density at radius 2 is 0.684 bits per heavy atom. The minimum absolute atomic E-state index is 0.0580. The van der Waals surface area contributed by atoms with E-state index in [-0.39, 0.29) is 43.0 Å². The molecule has 0 bridgehead atoms. The molecule has 0 radical (unpaired) electrons. The third-order valence-corrected chi connectivity index (χ3v) is 17.1. The first-order valence-corrected chi connectivity index (χ1v) is 34.2. The summed E-state index contributed by atoms with van der Waals surface area (Å²) in [6.45, 7) is 8.99. The molecule has 0 aromatic heterocycles. The van der Waals surface area contributed by atoms with Crippen LogP contribution >= 0.6 is 0 Å². The van der Waals surface area contributed by atoms with Crippen molar-refractivity contribution in [1.29, 1.82) is 0 Å². The number of benzene rings is 1. The Labute approximate surface area is 473 Å². The molecule has 0 saturated heterocycles. The zero-order chi connectivity index (χ0) is 54.5. The molecule has 1 N–H and O–H groups in total. The summed E-state index contributed by atoms with van der Waals surface area (Å²) in [6.07, 6.45) is 66.2. The SMILES string of the molecule is CCCCCCCCCCCCCCCCCCOC1CC(C(=O)Cc2cc(CO)ccc2OC)CC(OCCCCCCCCCCCCCCCCCC)C1OCCCCCCCCCCCCCCCCCC. The summed E-state index contributed by atoms with van der Waals surface area (Å²) in [5.74, 6) is 0.732. The van der Waals surface area contributed by atoms with Gasteiger partial charge >= 0.3 is 0 Å². The largest absolute Gasteiger partial charge is 0.496 e. The number of hydrogen-bond acceptors (Lipinski definition) is 6. The molecule has 0 heterocycles. The van der Waals surface area contributed by atoms with E-state index in [2.05, 4.69) is 20.8 Å². The van der Waals surface area contributed by atoms with E-state index in [1.165, 1.54) is 289 Å². The molecule has 1 aromatic rings. The third-order valence-electron chi connectivity index (χ3n) is 17.1. The van der Waals surface area contributed by atoms with Crippen LogP contribution in [0.15, 0.2) is 18.2 Å². The van der Waals surface area contributed by atoms with E-state index < -0.39 is 0 Å². The molecule has 1 aliphatic carbocycles. The minimum atomic E-state index is -0.176. The lowest BCUT2D eigenvalue weighted by Crippen LogP contribution is -2.50. The van der Waals surface area contributed by atoms with Crippen molar-refractivity contribution < 1.29 is 28.8 Å². The normalized spacial score (nSPS) is 16.8. The zero-order valence-corrected chi connectivity index (χ0v) is 51.4. The highest BCUT2D eigenvalue weighted by Crippen LogP contribution is 2.34. The predicted molar refractivity (Wildman–Crippen MR) is 328 cm³/mol. The fourth-order valence-corrected chi connectivity index (χ4v) is 12.0. The lowest BCUT2D eigenvalue weighted by atomic mass is 9.79. The van der Waals surface area contributed by atoms with Gasteiger partial charge < -0.3 is 24.1 Å². The smallest absolute Gasteiger partial charge is 0.140 e. The van der Waals surface area contributed by atoms with Crippen LogP contribution in [0.25, 0.3) is 0 Å². The molecule has 1 aromatic carbocycles. The van der Waals surface area contributed by atoms with Gasteiger partial charge in [-0.3, -0.25) is 4.79 Å². The average Bonchev–Trinajstić information content (AvgIpc) is 3.43. The van der Waals surface area contributed by atoms with Gasteiger partial charge in [-0.1, -0.05) is 316 Å². The Morgan fingerprint density at radius 3 is 0.961 bits per heavy atom. The number of carbonyl (C=O) groups is 1. The number of ketones is 1. The monoisotopic (exact) mass is 1070 g/mol. The molecule has 1 aliphatic rings. The van der Waals surface area contributed by atoms with Gasteiger partial charge in [-0.2, -0.15) is 0 Å². The van der Waals surface area contributed by atoms with Crippen LogP contribution in [-0.2, 0) is 32.0 Å². The summed E-state index contributed by atoms with van der Waals surface area (Å²) in [5, 5.41) is 9.93. The Balaban J connectivity index is 1.91. The number of Topliss-reactive ketones (excluding diaryl/α,β-unsaturated/α-hetero) is 1. The number of unbranched alkanes of at least 4 members (excludes halogenated alkanes) is 45. The maximum absolute atomic E-state index is 14.4. The van der Waals surface area contributed by atoms with Crippen molar-refractivity contribution in [1.82, 2.24) is 0 Å². The second kappa shape index (κ2) is 54.1. The van der Waals surface area contributed by atoms with Crippen LogP contribution in [0.3, 0.4) is 0 Å². The van der Waals surface area contributed by atoms with Crippen molar-refractivity contribution >= 4 is 5.78 Å². The predicted octanol–water partition coefficient (Wildman–Crippen LogP) is 21.6. The second-order valence-electron chi connectivity index (χ2n) is 24.2. The van der Waals surface area contributed by atoms with Gasteiger partial charge in [0, 0.05) is 37.7 Å². The minimum Gasteiger partial charge on any atom is -0.496 e. The highest BCUT2D eigenvalue weighted by Gasteiger charge is 2.42. The van der Waals surface area contributed by atoms with Crippen LogP contribution in [0, 0.1) is 5.92 Å². The summed E-state index contributed by atoms with van der Waals surface area (Å²) in [4.78, 5) is 14.4. The Morgan fingerprint density at radius 1 is 0.408 bits per heavy atom. The lowest BCUT2D eigenvalue weighted by molar-refractivity contribution is -0.173. The quantitative estimate of drug-likeness (QED) is 0.0655. The zero-order valence-electron chi connectivity index (χ0n) is 51.4. The first-order valence-electron chi connectivity index (χ1n) is 34.2. The summed E-state index contributed by atoms with van der Waals surface area (Å²) >= 11 is 0. The number of rotatable bonds is 59. The van der Waals surface area contributed by atoms with E-state index in [1.807, 2.05) is 18.2 Å². The van der Waals surface area contributed by atoms with Gasteiger partial charge in [-0.15, -0.1) is 0 Å². The maximum atomic E-state index is 14.4. The molecule has 1 fully saturated rings. The lowest BCUT2D eigenvalue weighted by Gasteiger charge is -2.41. The van der Waals surface area contributed by atoms with Crippen molar-refractivity contribution in [2.24, 2.45) is 5.92 Å². The highest BCUT2D eigenvalue weighted by atomic mass is 16.6. The number of ether oxygens (including phenoxy) is 4. The van der Waals surface area contributed by atoms with E-state index in [4.69, 9.17) is 18.9 Å². The molecule has 0 spiro atoms. The van der Waals surface area contributed by atoms with E-state index in [1.54, 1.807) is 7.11 Å². The van der Waals surface area contributed by atoms with Gasteiger partial charge in [0.2, 0.25) is 0 Å². The van der Waals surface area contributed by atoms with Gasteiger partial charge in [0.1, 0.15) is 17.6 Å². The van der Waals surface area contributed by atoms with Crippen LogP contribution in [0.2, 0.25) is 0 Å². The molecule has 0 aliphatic heterocycles. The third kappa shape index (κ3) is 39.8. The van der Waals surface area contributed by atoms with E-state index in [0.29, 0.717) is 31.8 Å². The fraction of sp³-hybridized carbons (Fsp3) is 0.900. The van der Waals surface area contributed by atoms with Crippen LogP contribution in [0.1, 0.15) is 353 Å². The molecule has 2 rings (SSSR count). The van der Waals surface area contributed by atoms with E-state index in [0.717, 1.165) is 37.0 Å². The van der Waals surface area contributed by atoms with Crippen LogP contribution in [-0.4, -0.2) is 56.1 Å². The maximum Gasteiger partial charge on any atom is 0.140 e. The summed E-state index contributed by atoms with van der Waals surface area (Å²) in [5.41, 5.74) is 1.65. The number of aliphatic hydroxyl groups excluding tert-OH is 1. The van der Waals surface area contributed by atoms with E-state index >= 15 is 0 Å². The van der Waals surface area contributed by atoms with Crippen LogP contribution in [0.4, 0.5) is 0 Å². The van der Waals surface area contributed by atoms with Gasteiger partial charge in [-0.05, 0) is 49.8 Å². The van der Waals surface area contributed by atoms with Crippen molar-refractivity contribution in [3.63, 3.8) is 0 Å². The van der Waals surface area contributed by atoms with Crippen LogP contribution < -0.4 is 4.74 Å². The standard InChI is InChI=1S/C70H130O6/c1-5-8-11-14-17-20-23-26-29-32-35-38-41-44-47-50-55-74-68-60-64(66(72)59-65-58-63(62-71)53-54-67(65)73-4)61-69(75-56-51-48-45-42-39-36-33-30-27-24-21-18-15-12-9-6-2)70(68)76-57-52-49-46-43-40-37-34-31-28-25-22-19-16-13-10-7-3/h53-54,58,64,68-71H,5-52,55-57,59-62H2,1-4H3.